The number of amides is 1. The Balaban J connectivity index is 1.87. The van der Waals surface area contributed by atoms with E-state index >= 15 is 0 Å². The van der Waals surface area contributed by atoms with E-state index in [0.29, 0.717) is 16.8 Å². The summed E-state index contributed by atoms with van der Waals surface area (Å²) in [6.45, 7) is 1.35. The van der Waals surface area contributed by atoms with Gasteiger partial charge in [0.2, 0.25) is 5.91 Å². The van der Waals surface area contributed by atoms with Gasteiger partial charge >= 0.3 is 6.18 Å². The summed E-state index contributed by atoms with van der Waals surface area (Å²) < 4.78 is 39.6. The molecule has 1 aromatic carbocycles. The quantitative estimate of drug-likeness (QED) is 0.619. The lowest BCUT2D eigenvalue weighted by Gasteiger charge is -2.19. The lowest BCUT2D eigenvalue weighted by molar-refractivity contribution is -0.138. The second-order valence-corrected chi connectivity index (χ2v) is 7.82. The highest BCUT2D eigenvalue weighted by molar-refractivity contribution is 7.10. The molecule has 4 nitrogen and oxygen atoms in total. The van der Waals surface area contributed by atoms with E-state index in [9.17, 15) is 22.8 Å². The topological polar surface area (TPSA) is 51.1 Å². The Hall–Kier alpha value is -2.58. The van der Waals surface area contributed by atoms with Gasteiger partial charge in [0.15, 0.2) is 0 Å². The average molecular weight is 441 g/mol. The number of nitrogens with zero attached hydrogens (tertiary/aromatic N) is 1. The fourth-order valence-corrected chi connectivity index (χ4v) is 3.79. The van der Waals surface area contributed by atoms with Crippen LogP contribution in [0.5, 0.6) is 0 Å². The number of pyridine rings is 1. The van der Waals surface area contributed by atoms with Gasteiger partial charge in [0.25, 0.3) is 5.56 Å². The van der Waals surface area contributed by atoms with Gasteiger partial charge in [-0.3, -0.25) is 9.59 Å². The Bertz CT molecular complexity index is 1060. The maximum absolute atomic E-state index is 13.0. The normalized spacial score (nSPS) is 12.6. The molecule has 0 saturated heterocycles. The van der Waals surface area contributed by atoms with Crippen molar-refractivity contribution in [2.24, 2.45) is 0 Å². The van der Waals surface area contributed by atoms with Crippen LogP contribution in [0.25, 0.3) is 0 Å². The van der Waals surface area contributed by atoms with E-state index in [1.807, 2.05) is 48.7 Å². The fraction of sp³-hybridized carbons (Fsp3) is 0.200. The lowest BCUT2D eigenvalue weighted by atomic mass is 10.0. The van der Waals surface area contributed by atoms with Crippen LogP contribution in [0.1, 0.15) is 27.6 Å². The van der Waals surface area contributed by atoms with E-state index in [1.165, 1.54) is 11.3 Å². The van der Waals surface area contributed by atoms with E-state index in [-0.39, 0.29) is 0 Å². The molecule has 0 radical (unpaired) electrons. The number of halogens is 4. The van der Waals surface area contributed by atoms with Crippen molar-refractivity contribution in [2.75, 3.05) is 0 Å². The highest BCUT2D eigenvalue weighted by Crippen LogP contribution is 2.30. The van der Waals surface area contributed by atoms with Gasteiger partial charge in [-0.2, -0.15) is 13.2 Å². The van der Waals surface area contributed by atoms with Crippen LogP contribution in [0.4, 0.5) is 13.2 Å². The molecule has 1 amide bonds. The Labute approximate surface area is 173 Å². The summed E-state index contributed by atoms with van der Waals surface area (Å²) in [6, 6.07) is 11.3. The SMILES string of the molecule is Cc1ccc(C(NC(=O)Cn2cc(C(F)(F)F)cc(Cl)c2=O)c2cccs2)cc1. The zero-order valence-corrected chi connectivity index (χ0v) is 16.7. The predicted molar refractivity (Wildman–Crippen MR) is 106 cm³/mol. The van der Waals surface area contributed by atoms with Crippen molar-refractivity contribution in [3.63, 3.8) is 0 Å². The van der Waals surface area contributed by atoms with Crippen molar-refractivity contribution in [3.05, 3.63) is 91.0 Å². The number of rotatable bonds is 5. The number of hydrogen-bond acceptors (Lipinski definition) is 3. The molecule has 152 valence electrons. The van der Waals surface area contributed by atoms with Crippen LogP contribution in [0, 0.1) is 6.92 Å². The third-order valence-electron chi connectivity index (χ3n) is 4.23. The monoisotopic (exact) mass is 440 g/mol. The number of aryl methyl sites for hydroxylation is 1. The minimum Gasteiger partial charge on any atom is -0.343 e. The molecule has 0 saturated carbocycles. The van der Waals surface area contributed by atoms with Crippen LogP contribution in [0.15, 0.2) is 58.8 Å². The van der Waals surface area contributed by atoms with Crippen LogP contribution in [-0.2, 0) is 17.5 Å². The fourth-order valence-electron chi connectivity index (χ4n) is 2.77. The van der Waals surface area contributed by atoms with E-state index in [1.54, 1.807) is 0 Å². The van der Waals surface area contributed by atoms with Gasteiger partial charge in [-0.15, -0.1) is 11.3 Å². The van der Waals surface area contributed by atoms with Crippen molar-refractivity contribution in [3.8, 4) is 0 Å². The minimum atomic E-state index is -4.68. The molecule has 1 atom stereocenters. The largest absolute Gasteiger partial charge is 0.417 e. The van der Waals surface area contributed by atoms with Gasteiger partial charge in [0, 0.05) is 11.1 Å². The zero-order valence-electron chi connectivity index (χ0n) is 15.2. The molecule has 3 aromatic rings. The molecule has 2 heterocycles. The molecule has 3 rings (SSSR count). The average Bonchev–Trinajstić information content (AvgIpc) is 3.18. The summed E-state index contributed by atoms with van der Waals surface area (Å²) in [5.41, 5.74) is -0.0861. The molecule has 2 aromatic heterocycles. The van der Waals surface area contributed by atoms with Crippen LogP contribution < -0.4 is 10.9 Å². The molecule has 0 fully saturated rings. The smallest absolute Gasteiger partial charge is 0.343 e. The first-order valence-corrected chi connectivity index (χ1v) is 9.77. The van der Waals surface area contributed by atoms with Gasteiger partial charge in [-0.25, -0.2) is 0 Å². The first kappa shape index (κ1) is 21.1. The minimum absolute atomic E-state index is 0.486. The second-order valence-electron chi connectivity index (χ2n) is 6.43. The summed E-state index contributed by atoms with van der Waals surface area (Å²) in [7, 11) is 0. The molecule has 0 aliphatic heterocycles. The Morgan fingerprint density at radius 3 is 2.52 bits per heavy atom. The Morgan fingerprint density at radius 2 is 1.93 bits per heavy atom. The van der Waals surface area contributed by atoms with Crippen molar-refractivity contribution >= 4 is 28.8 Å². The van der Waals surface area contributed by atoms with E-state index in [0.717, 1.165) is 16.0 Å². The van der Waals surface area contributed by atoms with Crippen LogP contribution in [0.3, 0.4) is 0 Å². The van der Waals surface area contributed by atoms with Gasteiger partial charge < -0.3 is 9.88 Å². The van der Waals surface area contributed by atoms with E-state index < -0.39 is 40.8 Å². The third kappa shape index (κ3) is 5.07. The molecule has 0 bridgehead atoms. The zero-order chi connectivity index (χ0) is 21.2. The predicted octanol–water partition coefficient (Wildman–Crippen LogP) is 4.80. The van der Waals surface area contributed by atoms with E-state index in [2.05, 4.69) is 5.32 Å². The second kappa shape index (κ2) is 8.42. The van der Waals surface area contributed by atoms with Crippen molar-refractivity contribution in [1.29, 1.82) is 0 Å². The molecule has 29 heavy (non-hydrogen) atoms. The highest BCUT2D eigenvalue weighted by Gasteiger charge is 2.32. The first-order chi connectivity index (χ1) is 13.6. The molecule has 0 spiro atoms. The lowest BCUT2D eigenvalue weighted by Crippen LogP contribution is -2.35. The van der Waals surface area contributed by atoms with Gasteiger partial charge in [-0.1, -0.05) is 47.5 Å². The number of carbonyl (C=O) groups excluding carboxylic acids is 1. The highest BCUT2D eigenvalue weighted by atomic mass is 35.5. The van der Waals surface area contributed by atoms with Gasteiger partial charge in [-0.05, 0) is 30.0 Å². The maximum Gasteiger partial charge on any atom is 0.417 e. The molecular formula is C20H16ClF3N2O2S. The summed E-state index contributed by atoms with van der Waals surface area (Å²) in [6.07, 6.45) is -4.09. The number of alkyl halides is 3. The van der Waals surface area contributed by atoms with E-state index in [4.69, 9.17) is 11.6 Å². The summed E-state index contributed by atoms with van der Waals surface area (Å²) in [4.78, 5) is 25.5. The number of benzene rings is 1. The van der Waals surface area contributed by atoms with Crippen LogP contribution >= 0.6 is 22.9 Å². The maximum atomic E-state index is 13.0. The standard InChI is InChI=1S/C20H16ClF3N2O2S/c1-12-4-6-13(7-5-12)18(16-3-2-8-29-16)25-17(27)11-26-10-14(20(22,23)24)9-15(21)19(26)28/h2-10,18H,11H2,1H3,(H,25,27). The summed E-state index contributed by atoms with van der Waals surface area (Å²) in [5, 5.41) is 4.06. The number of nitrogens with one attached hydrogen (secondary N) is 1. The van der Waals surface area contributed by atoms with Crippen molar-refractivity contribution in [2.45, 2.75) is 25.7 Å². The Morgan fingerprint density at radius 1 is 1.24 bits per heavy atom. The Kier molecular flexibility index (Phi) is 6.14. The van der Waals surface area contributed by atoms with Gasteiger partial charge in [0.1, 0.15) is 11.6 Å². The summed E-state index contributed by atoms with van der Waals surface area (Å²) >= 11 is 7.08. The molecule has 9 heteroatoms. The molecule has 0 aliphatic carbocycles. The van der Waals surface area contributed by atoms with Gasteiger partial charge in [0.05, 0.1) is 11.6 Å². The molecule has 1 unspecified atom stereocenters. The number of aromatic nitrogens is 1. The number of carbonyl (C=O) groups is 1. The molecular weight excluding hydrogens is 425 g/mol. The molecule has 0 aliphatic rings. The van der Waals surface area contributed by atoms with Crippen LogP contribution in [0.2, 0.25) is 5.02 Å². The number of thiophene rings is 1. The number of hydrogen-bond donors (Lipinski definition) is 1. The molecule has 1 N–H and O–H groups in total. The third-order valence-corrected chi connectivity index (χ3v) is 5.44. The van der Waals surface area contributed by atoms with Crippen LogP contribution in [-0.4, -0.2) is 10.5 Å². The summed E-state index contributed by atoms with van der Waals surface area (Å²) in [5.74, 6) is -0.610. The van der Waals surface area contributed by atoms with Crippen molar-refractivity contribution < 1.29 is 18.0 Å². The van der Waals surface area contributed by atoms with Crippen molar-refractivity contribution in [1.82, 2.24) is 9.88 Å². The first-order valence-electron chi connectivity index (χ1n) is 8.51.